The van der Waals surface area contributed by atoms with Crippen molar-refractivity contribution < 1.29 is 5.11 Å². The Hall–Kier alpha value is -2.15. The summed E-state index contributed by atoms with van der Waals surface area (Å²) in [6.45, 7) is 2.72. The molecular formula is C18H19N3O2S. The summed E-state index contributed by atoms with van der Waals surface area (Å²) < 4.78 is 0.688. The van der Waals surface area contributed by atoms with E-state index in [0.29, 0.717) is 4.70 Å². The third-order valence-electron chi connectivity index (χ3n) is 4.57. The van der Waals surface area contributed by atoms with Gasteiger partial charge in [-0.05, 0) is 30.0 Å². The van der Waals surface area contributed by atoms with Crippen molar-refractivity contribution in [2.75, 3.05) is 19.6 Å². The maximum Gasteiger partial charge on any atom is 0.266 e. The molecule has 0 bridgehead atoms. The first kappa shape index (κ1) is 15.4. The first-order valence-corrected chi connectivity index (χ1v) is 8.91. The van der Waals surface area contributed by atoms with E-state index < -0.39 is 0 Å². The standard InChI is InChI=1S/C18H19N3O2S/c19-11-5-8-21(10-11)7-1-2-12-15(22)4-3-14-16(12)13-6-9-24-17(13)18(23)20-14/h1-4,6,9,11,22H,5,7-8,10,19H2,(H,20,23)/b2-1+. The first-order valence-electron chi connectivity index (χ1n) is 8.03. The molecule has 3 aromatic rings. The van der Waals surface area contributed by atoms with Gasteiger partial charge in [-0.3, -0.25) is 9.69 Å². The minimum absolute atomic E-state index is 0.0841. The van der Waals surface area contributed by atoms with Gasteiger partial charge in [-0.15, -0.1) is 11.3 Å². The Kier molecular flexibility index (Phi) is 3.88. The van der Waals surface area contributed by atoms with Gasteiger partial charge in [-0.1, -0.05) is 12.2 Å². The second-order valence-electron chi connectivity index (χ2n) is 6.25. The lowest BCUT2D eigenvalue weighted by molar-refractivity contribution is 0.372. The minimum Gasteiger partial charge on any atom is -0.507 e. The molecule has 6 heteroatoms. The number of aromatic nitrogens is 1. The summed E-state index contributed by atoms with van der Waals surface area (Å²) in [6, 6.07) is 5.58. The van der Waals surface area contributed by atoms with E-state index in [1.54, 1.807) is 12.1 Å². The largest absolute Gasteiger partial charge is 0.507 e. The smallest absolute Gasteiger partial charge is 0.266 e. The lowest BCUT2D eigenvalue weighted by Crippen LogP contribution is -2.26. The van der Waals surface area contributed by atoms with Crippen molar-refractivity contribution in [3.8, 4) is 5.75 Å². The van der Waals surface area contributed by atoms with Crippen LogP contribution in [-0.4, -0.2) is 40.7 Å². The van der Waals surface area contributed by atoms with Gasteiger partial charge >= 0.3 is 0 Å². The minimum atomic E-state index is -0.0841. The van der Waals surface area contributed by atoms with Crippen LogP contribution in [0.4, 0.5) is 0 Å². The molecule has 0 amide bonds. The maximum atomic E-state index is 12.1. The Morgan fingerprint density at radius 1 is 1.42 bits per heavy atom. The second-order valence-corrected chi connectivity index (χ2v) is 7.17. The number of thiophene rings is 1. The number of benzene rings is 1. The van der Waals surface area contributed by atoms with E-state index in [-0.39, 0.29) is 17.4 Å². The van der Waals surface area contributed by atoms with Crippen molar-refractivity contribution in [2.24, 2.45) is 5.73 Å². The molecule has 1 saturated heterocycles. The van der Waals surface area contributed by atoms with E-state index in [2.05, 4.69) is 16.0 Å². The Bertz CT molecular complexity index is 989. The Morgan fingerprint density at radius 3 is 3.08 bits per heavy atom. The zero-order chi connectivity index (χ0) is 16.7. The monoisotopic (exact) mass is 341 g/mol. The summed E-state index contributed by atoms with van der Waals surface area (Å²) in [6.07, 6.45) is 5.02. The number of hydrogen-bond donors (Lipinski definition) is 3. The zero-order valence-electron chi connectivity index (χ0n) is 13.2. The van der Waals surface area contributed by atoms with Gasteiger partial charge < -0.3 is 15.8 Å². The Balaban J connectivity index is 1.78. The van der Waals surface area contributed by atoms with Gasteiger partial charge in [0.1, 0.15) is 10.4 Å². The Labute approximate surface area is 143 Å². The molecule has 1 unspecified atom stereocenters. The molecule has 4 N–H and O–H groups in total. The molecule has 5 nitrogen and oxygen atoms in total. The number of phenolic OH excluding ortho intramolecular Hbond substituents is 1. The number of aromatic hydroxyl groups is 1. The zero-order valence-corrected chi connectivity index (χ0v) is 14.0. The summed E-state index contributed by atoms with van der Waals surface area (Å²) in [5.74, 6) is 0.219. The molecule has 2 aromatic heterocycles. The van der Waals surface area contributed by atoms with Crippen LogP contribution in [0.2, 0.25) is 0 Å². The number of rotatable bonds is 3. The molecule has 0 radical (unpaired) electrons. The van der Waals surface area contributed by atoms with Gasteiger partial charge in [0.25, 0.3) is 5.56 Å². The number of H-pyrrole nitrogens is 1. The van der Waals surface area contributed by atoms with Gasteiger partial charge in [-0.25, -0.2) is 0 Å². The van der Waals surface area contributed by atoms with Gasteiger partial charge in [0.2, 0.25) is 0 Å². The van der Waals surface area contributed by atoms with Gasteiger partial charge in [0.15, 0.2) is 0 Å². The average Bonchev–Trinajstić information content (AvgIpc) is 3.19. The third-order valence-corrected chi connectivity index (χ3v) is 5.48. The highest BCUT2D eigenvalue weighted by molar-refractivity contribution is 7.17. The third kappa shape index (κ3) is 2.62. The van der Waals surface area contributed by atoms with Gasteiger partial charge in [0, 0.05) is 47.5 Å². The summed E-state index contributed by atoms with van der Waals surface area (Å²) in [4.78, 5) is 17.3. The van der Waals surface area contributed by atoms with Crippen LogP contribution in [0.25, 0.3) is 27.1 Å². The topological polar surface area (TPSA) is 82.3 Å². The van der Waals surface area contributed by atoms with Crippen LogP contribution >= 0.6 is 11.3 Å². The molecular weight excluding hydrogens is 322 g/mol. The average molecular weight is 341 g/mol. The second kappa shape index (κ2) is 6.05. The van der Waals surface area contributed by atoms with Crippen LogP contribution in [0, 0.1) is 0 Å². The van der Waals surface area contributed by atoms with E-state index in [9.17, 15) is 9.90 Å². The number of nitrogens with two attached hydrogens (primary N) is 1. The number of fused-ring (bicyclic) bond motifs is 3. The van der Waals surface area contributed by atoms with E-state index >= 15 is 0 Å². The molecule has 3 heterocycles. The van der Waals surface area contributed by atoms with Gasteiger partial charge in [-0.2, -0.15) is 0 Å². The number of nitrogens with one attached hydrogen (secondary N) is 1. The van der Waals surface area contributed by atoms with E-state index in [4.69, 9.17) is 5.73 Å². The molecule has 0 saturated carbocycles. The van der Waals surface area contributed by atoms with Crippen LogP contribution in [-0.2, 0) is 0 Å². The predicted molar refractivity (Wildman–Crippen MR) is 99.7 cm³/mol. The van der Waals surface area contributed by atoms with E-state index in [1.165, 1.54) is 11.3 Å². The molecule has 124 valence electrons. The first-order chi connectivity index (χ1) is 11.6. The summed E-state index contributed by atoms with van der Waals surface area (Å²) in [5.41, 5.74) is 7.34. The molecule has 1 atom stereocenters. The lowest BCUT2D eigenvalue weighted by atomic mass is 10.0. The highest BCUT2D eigenvalue weighted by atomic mass is 32.1. The number of pyridine rings is 1. The number of hydrogen-bond acceptors (Lipinski definition) is 5. The molecule has 1 aromatic carbocycles. The van der Waals surface area contributed by atoms with Crippen molar-refractivity contribution in [2.45, 2.75) is 12.5 Å². The van der Waals surface area contributed by atoms with E-state index in [0.717, 1.165) is 47.9 Å². The number of nitrogens with zero attached hydrogens (tertiary/aromatic N) is 1. The van der Waals surface area contributed by atoms with Crippen LogP contribution in [0.5, 0.6) is 5.75 Å². The fraction of sp³-hybridized carbons (Fsp3) is 0.278. The molecule has 0 aliphatic carbocycles. The molecule has 1 fully saturated rings. The molecule has 1 aliphatic rings. The van der Waals surface area contributed by atoms with E-state index in [1.807, 2.05) is 17.5 Å². The SMILES string of the molecule is NC1CCN(C/C=C/c2c(O)ccc3[nH]c(=O)c4sccc4c23)C1. The fourth-order valence-electron chi connectivity index (χ4n) is 3.38. The molecule has 24 heavy (non-hydrogen) atoms. The summed E-state index contributed by atoms with van der Waals surface area (Å²) >= 11 is 1.42. The van der Waals surface area contributed by atoms with Crippen molar-refractivity contribution in [1.82, 2.24) is 9.88 Å². The molecule has 1 aliphatic heterocycles. The quantitative estimate of drug-likeness (QED) is 0.683. The van der Waals surface area contributed by atoms with Crippen LogP contribution in [0.3, 0.4) is 0 Å². The summed E-state index contributed by atoms with van der Waals surface area (Å²) in [7, 11) is 0. The highest BCUT2D eigenvalue weighted by Crippen LogP contribution is 2.33. The fourth-order valence-corrected chi connectivity index (χ4v) is 4.18. The van der Waals surface area contributed by atoms with Crippen LogP contribution in [0.15, 0.2) is 34.4 Å². The van der Waals surface area contributed by atoms with Crippen molar-refractivity contribution in [3.63, 3.8) is 0 Å². The van der Waals surface area contributed by atoms with Crippen molar-refractivity contribution >= 4 is 38.4 Å². The van der Waals surface area contributed by atoms with Crippen molar-refractivity contribution in [1.29, 1.82) is 0 Å². The number of likely N-dealkylation sites (tertiary alicyclic amines) is 1. The molecule has 4 rings (SSSR count). The normalized spacial score (nSPS) is 19.1. The predicted octanol–water partition coefficient (Wildman–Crippen LogP) is 2.49. The lowest BCUT2D eigenvalue weighted by Gasteiger charge is -2.12. The van der Waals surface area contributed by atoms with Gasteiger partial charge in [0.05, 0.1) is 0 Å². The molecule has 0 spiro atoms. The maximum absolute atomic E-state index is 12.1. The Morgan fingerprint density at radius 2 is 2.29 bits per heavy atom. The number of aromatic amines is 1. The summed E-state index contributed by atoms with van der Waals surface area (Å²) in [5, 5.41) is 14.0. The van der Waals surface area contributed by atoms with Crippen LogP contribution in [0.1, 0.15) is 12.0 Å². The van der Waals surface area contributed by atoms with Crippen LogP contribution < -0.4 is 11.3 Å². The van der Waals surface area contributed by atoms with Crippen molar-refractivity contribution in [3.05, 3.63) is 45.6 Å². The highest BCUT2D eigenvalue weighted by Gasteiger charge is 2.17. The number of phenols is 1.